The lowest BCUT2D eigenvalue weighted by molar-refractivity contribution is -0.120. The van der Waals surface area contributed by atoms with Crippen LogP contribution in [0.15, 0.2) is 46.9 Å². The van der Waals surface area contributed by atoms with Gasteiger partial charge in [0.2, 0.25) is 0 Å². The summed E-state index contributed by atoms with van der Waals surface area (Å²) in [5, 5.41) is 0. The number of anilines is 2. The van der Waals surface area contributed by atoms with Crippen LogP contribution in [0, 0.1) is 0 Å². The third-order valence-corrected chi connectivity index (χ3v) is 3.83. The van der Waals surface area contributed by atoms with Crippen molar-refractivity contribution in [2.75, 3.05) is 18.6 Å². The van der Waals surface area contributed by atoms with E-state index in [1.165, 1.54) is 12.0 Å². The van der Waals surface area contributed by atoms with Crippen LogP contribution < -0.4 is 9.64 Å². The molecule has 0 aliphatic carbocycles. The summed E-state index contributed by atoms with van der Waals surface area (Å²) in [5.41, 5.74) is 1.60. The smallest absolute Gasteiger partial charge is 0.337 e. The third kappa shape index (κ3) is 2.57. The maximum Gasteiger partial charge on any atom is 0.337 e. The molecule has 3 rings (SSSR count). The number of esters is 1. The van der Waals surface area contributed by atoms with Crippen LogP contribution in [0.1, 0.15) is 10.4 Å². The first-order valence-corrected chi connectivity index (χ1v) is 7.33. The third-order valence-electron chi connectivity index (χ3n) is 3.31. The van der Waals surface area contributed by atoms with Gasteiger partial charge in [-0.1, -0.05) is 15.9 Å². The van der Waals surface area contributed by atoms with Gasteiger partial charge in [-0.25, -0.2) is 4.79 Å². The van der Waals surface area contributed by atoms with Gasteiger partial charge in [-0.15, -0.1) is 0 Å². The Kier molecular flexibility index (Phi) is 3.85. The average Bonchev–Trinajstić information content (AvgIpc) is 2.54. The number of amides is 1. The molecule has 1 heterocycles. The summed E-state index contributed by atoms with van der Waals surface area (Å²) >= 11 is 3.37. The van der Waals surface area contributed by atoms with Gasteiger partial charge in [-0.05, 0) is 42.5 Å². The van der Waals surface area contributed by atoms with E-state index in [-0.39, 0.29) is 12.5 Å². The first kappa shape index (κ1) is 14.6. The molecule has 1 aliphatic heterocycles. The van der Waals surface area contributed by atoms with E-state index < -0.39 is 5.97 Å². The van der Waals surface area contributed by atoms with Crippen molar-refractivity contribution >= 4 is 39.2 Å². The molecule has 2 aromatic rings. The molecule has 0 atom stereocenters. The van der Waals surface area contributed by atoms with E-state index in [1.807, 2.05) is 24.3 Å². The first-order chi connectivity index (χ1) is 10.6. The number of carbonyl (C=O) groups excluding carboxylic acids is 2. The Bertz CT molecular complexity index is 742. The van der Waals surface area contributed by atoms with Crippen molar-refractivity contribution in [3.63, 3.8) is 0 Å². The van der Waals surface area contributed by atoms with E-state index >= 15 is 0 Å². The number of rotatable bonds is 2. The molecule has 0 fully saturated rings. The molecule has 0 unspecified atom stereocenters. The Morgan fingerprint density at radius 1 is 1.23 bits per heavy atom. The summed E-state index contributed by atoms with van der Waals surface area (Å²) in [6.07, 6.45) is 0. The van der Waals surface area contributed by atoms with Crippen LogP contribution in [0.2, 0.25) is 0 Å². The highest BCUT2D eigenvalue weighted by Crippen LogP contribution is 2.38. The second kappa shape index (κ2) is 5.81. The van der Waals surface area contributed by atoms with Gasteiger partial charge in [0.05, 0.1) is 18.4 Å². The van der Waals surface area contributed by atoms with Crippen molar-refractivity contribution in [3.05, 3.63) is 52.5 Å². The monoisotopic (exact) mass is 361 g/mol. The van der Waals surface area contributed by atoms with Crippen molar-refractivity contribution in [1.29, 1.82) is 0 Å². The molecular formula is C16H12BrNO4. The summed E-state index contributed by atoms with van der Waals surface area (Å²) in [6, 6.07) is 12.2. The van der Waals surface area contributed by atoms with Crippen LogP contribution in [-0.2, 0) is 9.53 Å². The van der Waals surface area contributed by atoms with E-state index in [0.29, 0.717) is 22.7 Å². The van der Waals surface area contributed by atoms with Gasteiger partial charge < -0.3 is 9.47 Å². The number of benzene rings is 2. The molecule has 0 saturated heterocycles. The molecule has 1 aliphatic rings. The fraction of sp³-hybridized carbons (Fsp3) is 0.125. The largest absolute Gasteiger partial charge is 0.482 e. The molecule has 5 nitrogen and oxygen atoms in total. The summed E-state index contributed by atoms with van der Waals surface area (Å²) < 4.78 is 11.1. The molecular weight excluding hydrogens is 350 g/mol. The number of fused-ring (bicyclic) bond motifs is 1. The van der Waals surface area contributed by atoms with Crippen molar-refractivity contribution in [2.45, 2.75) is 0 Å². The van der Waals surface area contributed by atoms with Gasteiger partial charge in [0.15, 0.2) is 6.61 Å². The van der Waals surface area contributed by atoms with Gasteiger partial charge in [0.25, 0.3) is 5.91 Å². The van der Waals surface area contributed by atoms with Crippen LogP contribution in [0.3, 0.4) is 0 Å². The minimum Gasteiger partial charge on any atom is -0.482 e. The Morgan fingerprint density at radius 3 is 2.64 bits per heavy atom. The van der Waals surface area contributed by atoms with Gasteiger partial charge >= 0.3 is 5.97 Å². The van der Waals surface area contributed by atoms with E-state index in [1.54, 1.807) is 18.2 Å². The molecule has 0 aromatic heterocycles. The summed E-state index contributed by atoms with van der Waals surface area (Å²) in [5.74, 6) is -0.108. The zero-order valence-electron chi connectivity index (χ0n) is 11.7. The van der Waals surface area contributed by atoms with Crippen molar-refractivity contribution in [1.82, 2.24) is 0 Å². The number of hydrogen-bond acceptors (Lipinski definition) is 4. The van der Waals surface area contributed by atoms with E-state index in [0.717, 1.165) is 4.47 Å². The molecule has 0 bridgehead atoms. The summed E-state index contributed by atoms with van der Waals surface area (Å²) in [7, 11) is 1.32. The number of hydrogen-bond donors (Lipinski definition) is 0. The van der Waals surface area contributed by atoms with Crippen LogP contribution in [0.5, 0.6) is 5.75 Å². The zero-order chi connectivity index (χ0) is 15.7. The Morgan fingerprint density at radius 2 is 1.95 bits per heavy atom. The molecule has 22 heavy (non-hydrogen) atoms. The zero-order valence-corrected chi connectivity index (χ0v) is 13.3. The number of ether oxygens (including phenoxy) is 2. The summed E-state index contributed by atoms with van der Waals surface area (Å²) in [6.45, 7) is -0.0410. The number of halogens is 1. The van der Waals surface area contributed by atoms with Crippen LogP contribution in [-0.4, -0.2) is 25.6 Å². The van der Waals surface area contributed by atoms with E-state index in [9.17, 15) is 9.59 Å². The van der Waals surface area contributed by atoms with E-state index in [2.05, 4.69) is 15.9 Å². The highest BCUT2D eigenvalue weighted by molar-refractivity contribution is 9.10. The maximum absolute atomic E-state index is 12.3. The molecule has 0 saturated carbocycles. The lowest BCUT2D eigenvalue weighted by Crippen LogP contribution is -2.35. The fourth-order valence-electron chi connectivity index (χ4n) is 2.27. The van der Waals surface area contributed by atoms with Crippen LogP contribution in [0.25, 0.3) is 0 Å². The second-order valence-electron chi connectivity index (χ2n) is 4.67. The first-order valence-electron chi connectivity index (χ1n) is 6.54. The van der Waals surface area contributed by atoms with Crippen LogP contribution >= 0.6 is 15.9 Å². The predicted molar refractivity (Wildman–Crippen MR) is 84.6 cm³/mol. The summed E-state index contributed by atoms with van der Waals surface area (Å²) in [4.78, 5) is 25.5. The number of methoxy groups -OCH3 is 1. The van der Waals surface area contributed by atoms with Crippen molar-refractivity contribution in [2.24, 2.45) is 0 Å². The highest BCUT2D eigenvalue weighted by Gasteiger charge is 2.28. The lowest BCUT2D eigenvalue weighted by Gasteiger charge is -2.29. The Balaban J connectivity index is 2.10. The standard InChI is InChI=1S/C16H12BrNO4/c1-21-16(20)10-2-7-14-13(8-10)18(15(19)9-22-14)12-5-3-11(17)4-6-12/h2-8H,9H2,1H3. The quantitative estimate of drug-likeness (QED) is 0.770. The van der Waals surface area contributed by atoms with Gasteiger partial charge in [-0.3, -0.25) is 9.69 Å². The lowest BCUT2D eigenvalue weighted by atomic mass is 10.1. The maximum atomic E-state index is 12.3. The minimum atomic E-state index is -0.462. The molecule has 0 radical (unpaired) electrons. The van der Waals surface area contributed by atoms with Crippen molar-refractivity contribution in [3.8, 4) is 5.75 Å². The Labute approximate surface area is 135 Å². The van der Waals surface area contributed by atoms with Gasteiger partial charge in [0, 0.05) is 10.2 Å². The van der Waals surface area contributed by atoms with E-state index in [4.69, 9.17) is 9.47 Å². The molecule has 0 N–H and O–H groups in total. The topological polar surface area (TPSA) is 55.8 Å². The van der Waals surface area contributed by atoms with Gasteiger partial charge in [-0.2, -0.15) is 0 Å². The SMILES string of the molecule is COC(=O)c1ccc2c(c1)N(c1ccc(Br)cc1)C(=O)CO2. The Hall–Kier alpha value is -2.34. The predicted octanol–water partition coefficient (Wildman–Crippen LogP) is 3.29. The molecule has 0 spiro atoms. The highest BCUT2D eigenvalue weighted by atomic mass is 79.9. The number of nitrogens with zero attached hydrogens (tertiary/aromatic N) is 1. The molecule has 6 heteroatoms. The van der Waals surface area contributed by atoms with Crippen LogP contribution in [0.4, 0.5) is 11.4 Å². The molecule has 112 valence electrons. The van der Waals surface area contributed by atoms with Gasteiger partial charge in [0.1, 0.15) is 5.75 Å². The normalized spacial score (nSPS) is 13.4. The fourth-order valence-corrected chi connectivity index (χ4v) is 2.53. The van der Waals surface area contributed by atoms with Crippen molar-refractivity contribution < 1.29 is 19.1 Å². The number of carbonyl (C=O) groups is 2. The second-order valence-corrected chi connectivity index (χ2v) is 5.58. The average molecular weight is 362 g/mol. The molecule has 1 amide bonds. The minimum absolute atomic E-state index is 0.0410. The molecule has 2 aromatic carbocycles.